The molecule has 1 aromatic rings. The van der Waals surface area contributed by atoms with E-state index in [-0.39, 0.29) is 22.2 Å². The normalized spacial score (nSPS) is 20.1. The molecule has 5 nitrogen and oxygen atoms in total. The second kappa shape index (κ2) is 6.43. The van der Waals surface area contributed by atoms with Gasteiger partial charge in [-0.25, -0.2) is 16.8 Å². The number of hydrogen-bond acceptors (Lipinski definition) is 5. The molecule has 1 aliphatic rings. The quantitative estimate of drug-likeness (QED) is 0.890. The Morgan fingerprint density at radius 1 is 1.05 bits per heavy atom. The van der Waals surface area contributed by atoms with Gasteiger partial charge in [0.2, 0.25) is 0 Å². The fourth-order valence-electron chi connectivity index (χ4n) is 2.15. The van der Waals surface area contributed by atoms with Crippen molar-refractivity contribution in [3.63, 3.8) is 0 Å². The van der Waals surface area contributed by atoms with Crippen molar-refractivity contribution < 1.29 is 16.8 Å². The Balaban J connectivity index is 0.00000200. The van der Waals surface area contributed by atoms with Crippen LogP contribution in [0.2, 0.25) is 0 Å². The number of halogens is 1. The molecular weight excluding hydrogens is 322 g/mol. The molecule has 1 fully saturated rings. The molecule has 0 aliphatic carbocycles. The predicted octanol–water partition coefficient (Wildman–Crippen LogP) is 1.04. The third-order valence-electron chi connectivity index (χ3n) is 3.27. The van der Waals surface area contributed by atoms with Crippen molar-refractivity contribution in [2.75, 3.05) is 19.3 Å². The van der Waals surface area contributed by atoms with Gasteiger partial charge in [-0.3, -0.25) is 0 Å². The molecule has 1 aromatic carbocycles. The average Bonchev–Trinajstić information content (AvgIpc) is 2.39. The van der Waals surface area contributed by atoms with Gasteiger partial charge in [-0.05, 0) is 43.7 Å². The highest BCUT2D eigenvalue weighted by molar-refractivity contribution is 7.92. The SMILES string of the molecule is CS(=O)(=O)c1ccc(S(=O)(=O)C2CCCNC2)cc1.Cl. The smallest absolute Gasteiger partial charge is 0.182 e. The minimum absolute atomic E-state index is 0. The average molecular weight is 340 g/mol. The van der Waals surface area contributed by atoms with Gasteiger partial charge in [0.05, 0.1) is 15.0 Å². The van der Waals surface area contributed by atoms with Gasteiger partial charge in [-0.2, -0.15) is 0 Å². The first-order chi connectivity index (χ1) is 8.82. The van der Waals surface area contributed by atoms with Gasteiger partial charge in [0.1, 0.15) is 0 Å². The summed E-state index contributed by atoms with van der Waals surface area (Å²) in [5.41, 5.74) is 0. The molecule has 8 heteroatoms. The number of sulfone groups is 2. The Hall–Kier alpha value is -0.630. The minimum Gasteiger partial charge on any atom is -0.315 e. The summed E-state index contributed by atoms with van der Waals surface area (Å²) in [6, 6.07) is 5.44. The molecule has 0 radical (unpaired) electrons. The molecule has 20 heavy (non-hydrogen) atoms. The van der Waals surface area contributed by atoms with Crippen molar-refractivity contribution in [3.8, 4) is 0 Å². The molecule has 1 atom stereocenters. The molecular formula is C12H18ClNO4S2. The zero-order valence-electron chi connectivity index (χ0n) is 11.1. The lowest BCUT2D eigenvalue weighted by Gasteiger charge is -2.22. The van der Waals surface area contributed by atoms with Crippen molar-refractivity contribution in [2.45, 2.75) is 27.9 Å². The highest BCUT2D eigenvalue weighted by Gasteiger charge is 2.28. The van der Waals surface area contributed by atoms with Gasteiger partial charge in [-0.15, -0.1) is 12.4 Å². The van der Waals surface area contributed by atoms with Crippen molar-refractivity contribution in [3.05, 3.63) is 24.3 Å². The third kappa shape index (κ3) is 3.72. The Kier molecular flexibility index (Phi) is 5.60. The van der Waals surface area contributed by atoms with Crippen molar-refractivity contribution in [1.29, 1.82) is 0 Å². The summed E-state index contributed by atoms with van der Waals surface area (Å²) in [6.07, 6.45) is 2.58. The summed E-state index contributed by atoms with van der Waals surface area (Å²) < 4.78 is 47.4. The number of hydrogen-bond donors (Lipinski definition) is 1. The number of piperidine rings is 1. The fourth-order valence-corrected chi connectivity index (χ4v) is 4.50. The first kappa shape index (κ1) is 17.4. The van der Waals surface area contributed by atoms with E-state index in [2.05, 4.69) is 5.32 Å². The summed E-state index contributed by atoms with van der Waals surface area (Å²) >= 11 is 0. The zero-order valence-corrected chi connectivity index (χ0v) is 13.5. The van der Waals surface area contributed by atoms with Gasteiger partial charge in [0.25, 0.3) is 0 Å². The fraction of sp³-hybridized carbons (Fsp3) is 0.500. The summed E-state index contributed by atoms with van der Waals surface area (Å²) in [6.45, 7) is 1.30. The number of nitrogens with one attached hydrogen (secondary N) is 1. The molecule has 0 saturated carbocycles. The highest BCUT2D eigenvalue weighted by atomic mass is 35.5. The summed E-state index contributed by atoms with van der Waals surface area (Å²) in [5, 5.41) is 2.65. The van der Waals surface area contributed by atoms with Crippen LogP contribution in [0.25, 0.3) is 0 Å². The van der Waals surface area contributed by atoms with Crippen molar-refractivity contribution >= 4 is 32.1 Å². The van der Waals surface area contributed by atoms with Crippen LogP contribution in [-0.2, 0) is 19.7 Å². The first-order valence-corrected chi connectivity index (χ1v) is 9.50. The van der Waals surface area contributed by atoms with E-state index in [4.69, 9.17) is 0 Å². The Morgan fingerprint density at radius 3 is 2.05 bits per heavy atom. The number of benzene rings is 1. The van der Waals surface area contributed by atoms with Gasteiger partial charge in [0, 0.05) is 12.8 Å². The molecule has 1 unspecified atom stereocenters. The maximum atomic E-state index is 12.4. The standard InChI is InChI=1S/C12H17NO4S2.ClH/c1-18(14,15)10-4-6-11(7-5-10)19(16,17)12-3-2-8-13-9-12;/h4-7,12-13H,2-3,8-9H2,1H3;1H. The van der Waals surface area contributed by atoms with Crippen molar-refractivity contribution in [1.82, 2.24) is 5.32 Å². The minimum atomic E-state index is -3.38. The molecule has 2 rings (SSSR count). The number of rotatable bonds is 3. The van der Waals surface area contributed by atoms with Crippen LogP contribution >= 0.6 is 12.4 Å². The van der Waals surface area contributed by atoms with Crippen LogP contribution in [-0.4, -0.2) is 41.4 Å². The monoisotopic (exact) mass is 339 g/mol. The van der Waals surface area contributed by atoms with Crippen LogP contribution in [0.4, 0.5) is 0 Å². The van der Waals surface area contributed by atoms with Crippen molar-refractivity contribution in [2.24, 2.45) is 0 Å². The Bertz CT molecular complexity index is 647. The van der Waals surface area contributed by atoms with Crippen LogP contribution in [0, 0.1) is 0 Å². The Morgan fingerprint density at radius 2 is 1.60 bits per heavy atom. The molecule has 1 saturated heterocycles. The molecule has 1 heterocycles. The van der Waals surface area contributed by atoms with E-state index in [1.807, 2.05) is 0 Å². The summed E-state index contributed by atoms with van der Waals surface area (Å²) in [7, 11) is -6.68. The second-order valence-electron chi connectivity index (χ2n) is 4.76. The maximum absolute atomic E-state index is 12.4. The zero-order chi connectivity index (χ0) is 14.1. The van der Waals surface area contributed by atoms with E-state index in [9.17, 15) is 16.8 Å². The summed E-state index contributed by atoms with van der Waals surface area (Å²) in [5.74, 6) is 0. The molecule has 0 spiro atoms. The maximum Gasteiger partial charge on any atom is 0.182 e. The van der Waals surface area contributed by atoms with E-state index in [0.29, 0.717) is 13.0 Å². The molecule has 1 aliphatic heterocycles. The molecule has 114 valence electrons. The van der Waals surface area contributed by atoms with E-state index in [1.54, 1.807) is 0 Å². The van der Waals surface area contributed by atoms with Gasteiger partial charge < -0.3 is 5.32 Å². The topological polar surface area (TPSA) is 80.3 Å². The third-order valence-corrected chi connectivity index (χ3v) is 6.61. The van der Waals surface area contributed by atoms with E-state index in [0.717, 1.165) is 19.2 Å². The van der Waals surface area contributed by atoms with Crippen LogP contribution in [0.5, 0.6) is 0 Å². The second-order valence-corrected chi connectivity index (χ2v) is 9.00. The molecule has 0 aromatic heterocycles. The van der Waals surface area contributed by atoms with Crippen LogP contribution in [0.15, 0.2) is 34.1 Å². The van der Waals surface area contributed by atoms with Gasteiger partial charge >= 0.3 is 0 Å². The van der Waals surface area contributed by atoms with Crippen LogP contribution < -0.4 is 5.32 Å². The van der Waals surface area contributed by atoms with E-state index >= 15 is 0 Å². The Labute approximate surface area is 126 Å². The molecule has 0 amide bonds. The van der Waals surface area contributed by atoms with E-state index < -0.39 is 24.9 Å². The largest absolute Gasteiger partial charge is 0.315 e. The first-order valence-electron chi connectivity index (χ1n) is 6.06. The molecule has 0 bridgehead atoms. The van der Waals surface area contributed by atoms with Crippen LogP contribution in [0.1, 0.15) is 12.8 Å². The molecule has 1 N–H and O–H groups in total. The summed E-state index contributed by atoms with van der Waals surface area (Å²) in [4.78, 5) is 0.321. The van der Waals surface area contributed by atoms with Crippen LogP contribution in [0.3, 0.4) is 0 Å². The lowest BCUT2D eigenvalue weighted by molar-refractivity contribution is 0.497. The lowest BCUT2D eigenvalue weighted by atomic mass is 10.2. The van der Waals surface area contributed by atoms with Gasteiger partial charge in [-0.1, -0.05) is 0 Å². The lowest BCUT2D eigenvalue weighted by Crippen LogP contribution is -2.38. The predicted molar refractivity (Wildman–Crippen MR) is 79.9 cm³/mol. The highest BCUT2D eigenvalue weighted by Crippen LogP contribution is 2.22. The van der Waals surface area contributed by atoms with E-state index in [1.165, 1.54) is 24.3 Å². The van der Waals surface area contributed by atoms with Gasteiger partial charge in [0.15, 0.2) is 19.7 Å².